The van der Waals surface area contributed by atoms with E-state index in [1.807, 2.05) is 12.3 Å². The summed E-state index contributed by atoms with van der Waals surface area (Å²) >= 11 is 0. The number of methoxy groups -OCH3 is 1. The van der Waals surface area contributed by atoms with E-state index in [0.29, 0.717) is 0 Å². The van der Waals surface area contributed by atoms with Crippen molar-refractivity contribution in [2.45, 2.75) is 39.0 Å². The molecule has 0 aliphatic carbocycles. The van der Waals surface area contributed by atoms with Gasteiger partial charge < -0.3 is 10.1 Å². The summed E-state index contributed by atoms with van der Waals surface area (Å²) in [6.45, 7) is 4.72. The van der Waals surface area contributed by atoms with Gasteiger partial charge in [0.2, 0.25) is 0 Å². The van der Waals surface area contributed by atoms with Gasteiger partial charge in [-0.25, -0.2) is 0 Å². The Morgan fingerprint density at radius 3 is 3.00 bits per heavy atom. The van der Waals surface area contributed by atoms with Crippen molar-refractivity contribution in [3.63, 3.8) is 0 Å². The number of nitrogens with zero attached hydrogens (tertiary/aromatic N) is 1. The molecule has 0 bridgehead atoms. The molecule has 0 radical (unpaired) electrons. The second-order valence-electron chi connectivity index (χ2n) is 6.67. The first-order valence-corrected chi connectivity index (χ1v) is 8.94. The molecule has 1 aliphatic rings. The van der Waals surface area contributed by atoms with Gasteiger partial charge in [0.15, 0.2) is 0 Å². The maximum Gasteiger partial charge on any atom is 0.119 e. The minimum Gasteiger partial charge on any atom is -0.497 e. The molecule has 1 aliphatic heterocycles. The fourth-order valence-corrected chi connectivity index (χ4v) is 3.92. The van der Waals surface area contributed by atoms with Crippen LogP contribution in [0.15, 0.2) is 30.5 Å². The molecule has 23 heavy (non-hydrogen) atoms. The number of hydrogen-bond donors (Lipinski definition) is 1. The highest BCUT2D eigenvalue weighted by Gasteiger charge is 2.22. The molecule has 124 valence electrons. The van der Waals surface area contributed by atoms with Crippen molar-refractivity contribution in [3.05, 3.63) is 36.0 Å². The predicted molar refractivity (Wildman–Crippen MR) is 96.0 cm³/mol. The molecule has 1 fully saturated rings. The number of nitrogens with one attached hydrogen (secondary N) is 1. The van der Waals surface area contributed by atoms with Crippen LogP contribution in [0.4, 0.5) is 0 Å². The van der Waals surface area contributed by atoms with E-state index in [0.717, 1.165) is 29.5 Å². The Labute approximate surface area is 139 Å². The van der Waals surface area contributed by atoms with Crippen molar-refractivity contribution in [2.24, 2.45) is 11.8 Å². The maximum atomic E-state index is 5.37. The number of rotatable bonds is 6. The molecule has 1 saturated heterocycles. The molecule has 2 aromatic rings. The van der Waals surface area contributed by atoms with E-state index in [2.05, 4.69) is 35.4 Å². The molecule has 2 atom stereocenters. The molecule has 0 amide bonds. The summed E-state index contributed by atoms with van der Waals surface area (Å²) in [6, 6.07) is 8.33. The van der Waals surface area contributed by atoms with E-state index >= 15 is 0 Å². The van der Waals surface area contributed by atoms with Crippen LogP contribution >= 0.6 is 0 Å². The van der Waals surface area contributed by atoms with Gasteiger partial charge >= 0.3 is 0 Å². The van der Waals surface area contributed by atoms with Gasteiger partial charge in [-0.05, 0) is 80.4 Å². The molecule has 0 unspecified atom stereocenters. The van der Waals surface area contributed by atoms with Crippen molar-refractivity contribution < 1.29 is 4.74 Å². The fraction of sp³-hybridized carbons (Fsp3) is 0.550. The van der Waals surface area contributed by atoms with Gasteiger partial charge in [0.1, 0.15) is 5.75 Å². The van der Waals surface area contributed by atoms with Gasteiger partial charge in [-0.2, -0.15) is 0 Å². The molecule has 3 rings (SSSR count). The lowest BCUT2D eigenvalue weighted by Gasteiger charge is -2.31. The van der Waals surface area contributed by atoms with Crippen LogP contribution in [-0.4, -0.2) is 25.2 Å². The molecule has 2 heterocycles. The molecule has 0 spiro atoms. The zero-order valence-electron chi connectivity index (χ0n) is 14.3. The maximum absolute atomic E-state index is 5.37. The van der Waals surface area contributed by atoms with Gasteiger partial charge in [-0.1, -0.05) is 13.3 Å². The first-order valence-electron chi connectivity index (χ1n) is 8.94. The third kappa shape index (κ3) is 3.84. The molecular weight excluding hydrogens is 284 g/mol. The Morgan fingerprint density at radius 2 is 2.17 bits per heavy atom. The summed E-state index contributed by atoms with van der Waals surface area (Å²) in [7, 11) is 1.72. The lowest BCUT2D eigenvalue weighted by atomic mass is 9.81. The lowest BCUT2D eigenvalue weighted by Crippen LogP contribution is -2.36. The van der Waals surface area contributed by atoms with E-state index in [4.69, 9.17) is 4.74 Å². The van der Waals surface area contributed by atoms with E-state index in [1.54, 1.807) is 7.11 Å². The van der Waals surface area contributed by atoms with E-state index in [9.17, 15) is 0 Å². The summed E-state index contributed by atoms with van der Waals surface area (Å²) in [6.07, 6.45) is 8.30. The van der Waals surface area contributed by atoms with Crippen LogP contribution in [0.1, 0.15) is 38.2 Å². The summed E-state index contributed by atoms with van der Waals surface area (Å²) in [5.74, 6) is 2.66. The van der Waals surface area contributed by atoms with Crippen LogP contribution in [0, 0.1) is 11.8 Å². The second kappa shape index (κ2) is 7.78. The smallest absolute Gasteiger partial charge is 0.119 e. The van der Waals surface area contributed by atoms with Crippen LogP contribution in [0.2, 0.25) is 0 Å². The first kappa shape index (κ1) is 16.3. The predicted octanol–water partition coefficient (Wildman–Crippen LogP) is 4.20. The second-order valence-corrected chi connectivity index (χ2v) is 6.67. The van der Waals surface area contributed by atoms with Crippen molar-refractivity contribution in [1.29, 1.82) is 0 Å². The Kier molecular flexibility index (Phi) is 5.50. The minimum atomic E-state index is 0.859. The lowest BCUT2D eigenvalue weighted by molar-refractivity contribution is 0.230. The molecule has 1 aromatic heterocycles. The zero-order chi connectivity index (χ0) is 16.1. The topological polar surface area (TPSA) is 34.2 Å². The van der Waals surface area contributed by atoms with E-state index < -0.39 is 0 Å². The number of ether oxygens (including phenoxy) is 1. The summed E-state index contributed by atoms with van der Waals surface area (Å²) in [4.78, 5) is 4.48. The Morgan fingerprint density at radius 1 is 1.26 bits per heavy atom. The van der Waals surface area contributed by atoms with Gasteiger partial charge in [0, 0.05) is 11.6 Å². The molecule has 1 N–H and O–H groups in total. The largest absolute Gasteiger partial charge is 0.497 e. The van der Waals surface area contributed by atoms with E-state index in [-0.39, 0.29) is 0 Å². The summed E-state index contributed by atoms with van der Waals surface area (Å²) < 4.78 is 5.37. The highest BCUT2D eigenvalue weighted by molar-refractivity contribution is 5.83. The Bertz CT molecular complexity index is 641. The van der Waals surface area contributed by atoms with Crippen LogP contribution in [0.5, 0.6) is 5.75 Å². The molecule has 3 nitrogen and oxygen atoms in total. The quantitative estimate of drug-likeness (QED) is 0.868. The first-order chi connectivity index (χ1) is 11.3. The normalized spacial score (nSPS) is 21.5. The van der Waals surface area contributed by atoms with Gasteiger partial charge in [-0.15, -0.1) is 0 Å². The van der Waals surface area contributed by atoms with Crippen molar-refractivity contribution in [3.8, 4) is 5.75 Å². The number of aryl methyl sites for hydroxylation is 1. The average molecular weight is 312 g/mol. The molecule has 1 aromatic carbocycles. The van der Waals surface area contributed by atoms with Crippen molar-refractivity contribution in [2.75, 3.05) is 20.2 Å². The third-order valence-corrected chi connectivity index (χ3v) is 5.35. The highest BCUT2D eigenvalue weighted by atomic mass is 16.5. The zero-order valence-corrected chi connectivity index (χ0v) is 14.3. The number of pyridine rings is 1. The van der Waals surface area contributed by atoms with Crippen LogP contribution < -0.4 is 10.1 Å². The number of piperidine rings is 1. The minimum absolute atomic E-state index is 0.859. The fourth-order valence-electron chi connectivity index (χ4n) is 3.92. The molecule has 3 heteroatoms. The van der Waals surface area contributed by atoms with Crippen LogP contribution in [0.25, 0.3) is 10.9 Å². The Balaban J connectivity index is 1.67. The standard InChI is InChI=1S/C20H28N2O/c1-3-15-14-21-11-9-16(15)5-4-6-17-10-12-22-20-8-7-18(23-2)13-19(17)20/h7-8,10,12-13,15-16,21H,3-6,9,11,14H2,1-2H3/t15-,16-/m1/s1. The van der Waals surface area contributed by atoms with Crippen molar-refractivity contribution in [1.82, 2.24) is 10.3 Å². The highest BCUT2D eigenvalue weighted by Crippen LogP contribution is 2.28. The number of hydrogen-bond acceptors (Lipinski definition) is 3. The number of benzene rings is 1. The number of aromatic nitrogens is 1. The monoisotopic (exact) mass is 312 g/mol. The molecular formula is C20H28N2O. The van der Waals surface area contributed by atoms with Crippen molar-refractivity contribution >= 4 is 10.9 Å². The van der Waals surface area contributed by atoms with Gasteiger partial charge in [-0.3, -0.25) is 4.98 Å². The van der Waals surface area contributed by atoms with Gasteiger partial charge in [0.05, 0.1) is 12.6 Å². The van der Waals surface area contributed by atoms with Crippen LogP contribution in [0.3, 0.4) is 0 Å². The average Bonchev–Trinajstić information content (AvgIpc) is 2.62. The van der Waals surface area contributed by atoms with Gasteiger partial charge in [0.25, 0.3) is 0 Å². The Hall–Kier alpha value is -1.61. The SMILES string of the molecule is CC[C@@H]1CNCC[C@H]1CCCc1ccnc2ccc(OC)cc12. The number of fused-ring (bicyclic) bond motifs is 1. The summed E-state index contributed by atoms with van der Waals surface area (Å²) in [5, 5.41) is 4.78. The van der Waals surface area contributed by atoms with Crippen LogP contribution in [-0.2, 0) is 6.42 Å². The van der Waals surface area contributed by atoms with E-state index in [1.165, 1.54) is 49.7 Å². The summed E-state index contributed by atoms with van der Waals surface area (Å²) in [5.41, 5.74) is 2.47. The molecule has 0 saturated carbocycles. The third-order valence-electron chi connectivity index (χ3n) is 5.35.